The number of halogens is 1. The Morgan fingerprint density at radius 2 is 1.86 bits per heavy atom. The highest BCUT2D eigenvalue weighted by molar-refractivity contribution is 5.76. The topological polar surface area (TPSA) is 43.8 Å². The molecule has 1 fully saturated rings. The third-order valence-electron chi connectivity index (χ3n) is 3.90. The lowest BCUT2D eigenvalue weighted by Crippen LogP contribution is -2.52. The van der Waals surface area contributed by atoms with Crippen LogP contribution in [0.15, 0.2) is 24.3 Å². The molecule has 1 aliphatic heterocycles. The minimum absolute atomic E-state index is 0.0751. The molecule has 1 aromatic carbocycles. The van der Waals surface area contributed by atoms with Crippen molar-refractivity contribution in [1.82, 2.24) is 9.80 Å². The van der Waals surface area contributed by atoms with Gasteiger partial charge in [-0.2, -0.15) is 0 Å². The first-order chi connectivity index (χ1) is 10.3. The van der Waals surface area contributed by atoms with Crippen LogP contribution >= 0.6 is 0 Å². The first-order valence-corrected chi connectivity index (χ1v) is 7.81. The summed E-state index contributed by atoms with van der Waals surface area (Å²) in [7, 11) is 0. The summed E-state index contributed by atoms with van der Waals surface area (Å²) in [5.41, 5.74) is -0.117. The summed E-state index contributed by atoms with van der Waals surface area (Å²) in [6, 6.07) is 6.60. The fourth-order valence-corrected chi connectivity index (χ4v) is 2.80. The predicted octanol–water partition coefficient (Wildman–Crippen LogP) is 1.67. The van der Waals surface area contributed by atoms with E-state index in [1.165, 1.54) is 6.07 Å². The Bertz CT molecular complexity index is 506. The highest BCUT2D eigenvalue weighted by atomic mass is 19.1. The Labute approximate surface area is 131 Å². The van der Waals surface area contributed by atoms with Crippen molar-refractivity contribution in [2.45, 2.75) is 32.3 Å². The first-order valence-electron chi connectivity index (χ1n) is 7.81. The molecule has 0 spiro atoms. The fraction of sp³-hybridized carbons (Fsp3) is 0.588. The van der Waals surface area contributed by atoms with Crippen molar-refractivity contribution in [3.8, 4) is 0 Å². The van der Waals surface area contributed by atoms with E-state index in [4.69, 9.17) is 0 Å². The van der Waals surface area contributed by atoms with Gasteiger partial charge in [0.1, 0.15) is 5.82 Å². The SMILES string of the molecule is CC(C)(O)CN1CCN(C(=O)CCc2ccccc2F)CC1. The second-order valence-corrected chi connectivity index (χ2v) is 6.56. The van der Waals surface area contributed by atoms with E-state index in [1.807, 2.05) is 4.90 Å². The second kappa shape index (κ2) is 7.20. The molecule has 0 aromatic heterocycles. The second-order valence-electron chi connectivity index (χ2n) is 6.56. The fourth-order valence-electron chi connectivity index (χ4n) is 2.80. The van der Waals surface area contributed by atoms with Crippen molar-refractivity contribution in [3.63, 3.8) is 0 Å². The van der Waals surface area contributed by atoms with Gasteiger partial charge in [0.15, 0.2) is 0 Å². The Kier molecular flexibility index (Phi) is 5.53. The Hall–Kier alpha value is -1.46. The molecule has 5 heteroatoms. The minimum Gasteiger partial charge on any atom is -0.389 e. The van der Waals surface area contributed by atoms with Crippen LogP contribution in [0.3, 0.4) is 0 Å². The number of β-amino-alcohol motifs (C(OH)–C–C–N with tert-alkyl or cyclic N) is 1. The van der Waals surface area contributed by atoms with E-state index in [1.54, 1.807) is 32.0 Å². The number of benzene rings is 1. The molecule has 1 saturated heterocycles. The molecule has 0 unspecified atom stereocenters. The van der Waals surface area contributed by atoms with Gasteiger partial charge in [0.05, 0.1) is 5.60 Å². The smallest absolute Gasteiger partial charge is 0.222 e. The largest absolute Gasteiger partial charge is 0.389 e. The van der Waals surface area contributed by atoms with Crippen molar-refractivity contribution in [3.05, 3.63) is 35.6 Å². The highest BCUT2D eigenvalue weighted by Gasteiger charge is 2.24. The molecule has 0 aliphatic carbocycles. The third-order valence-corrected chi connectivity index (χ3v) is 3.90. The maximum Gasteiger partial charge on any atom is 0.222 e. The van der Waals surface area contributed by atoms with Crippen molar-refractivity contribution in [2.24, 2.45) is 0 Å². The zero-order valence-corrected chi connectivity index (χ0v) is 13.4. The standard InChI is InChI=1S/C17H25FN2O2/c1-17(2,22)13-19-9-11-20(12-10-19)16(21)8-7-14-5-3-4-6-15(14)18/h3-6,22H,7-13H2,1-2H3. The van der Waals surface area contributed by atoms with Crippen LogP contribution in [0.1, 0.15) is 25.8 Å². The number of rotatable bonds is 5. The molecule has 1 aliphatic rings. The predicted molar refractivity (Wildman–Crippen MR) is 84.0 cm³/mol. The Balaban J connectivity index is 1.77. The van der Waals surface area contributed by atoms with Gasteiger partial charge in [-0.15, -0.1) is 0 Å². The molecule has 1 aromatic rings. The highest BCUT2D eigenvalue weighted by Crippen LogP contribution is 2.12. The average Bonchev–Trinajstić information content (AvgIpc) is 2.45. The third kappa shape index (κ3) is 5.07. The number of hydrogen-bond acceptors (Lipinski definition) is 3. The van der Waals surface area contributed by atoms with Crippen LogP contribution in [-0.4, -0.2) is 59.1 Å². The Morgan fingerprint density at radius 1 is 1.23 bits per heavy atom. The minimum atomic E-state index is -0.711. The van der Waals surface area contributed by atoms with Gasteiger partial charge in [0.25, 0.3) is 0 Å². The van der Waals surface area contributed by atoms with Gasteiger partial charge in [0.2, 0.25) is 5.91 Å². The molecule has 1 amide bonds. The lowest BCUT2D eigenvalue weighted by molar-refractivity contribution is -0.133. The quantitative estimate of drug-likeness (QED) is 0.900. The summed E-state index contributed by atoms with van der Waals surface area (Å²) < 4.78 is 13.5. The van der Waals surface area contributed by atoms with E-state index in [-0.39, 0.29) is 11.7 Å². The maximum absolute atomic E-state index is 13.5. The molecule has 2 rings (SSSR count). The molecular formula is C17H25FN2O2. The summed E-state index contributed by atoms with van der Waals surface area (Å²) in [4.78, 5) is 16.2. The van der Waals surface area contributed by atoms with Crippen LogP contribution in [0.25, 0.3) is 0 Å². The summed E-state index contributed by atoms with van der Waals surface area (Å²) >= 11 is 0. The molecule has 122 valence electrons. The van der Waals surface area contributed by atoms with Crippen LogP contribution in [0.4, 0.5) is 4.39 Å². The number of aliphatic hydroxyl groups is 1. The van der Waals surface area contributed by atoms with Crippen LogP contribution in [0.5, 0.6) is 0 Å². The van der Waals surface area contributed by atoms with Gasteiger partial charge in [-0.3, -0.25) is 9.69 Å². The molecule has 0 radical (unpaired) electrons. The monoisotopic (exact) mass is 308 g/mol. The van der Waals surface area contributed by atoms with Crippen molar-refractivity contribution >= 4 is 5.91 Å². The number of piperazine rings is 1. The number of carbonyl (C=O) groups is 1. The Morgan fingerprint density at radius 3 is 2.45 bits per heavy atom. The summed E-state index contributed by atoms with van der Waals surface area (Å²) in [6.45, 7) is 7.09. The first kappa shape index (κ1) is 16.9. The average molecular weight is 308 g/mol. The summed E-state index contributed by atoms with van der Waals surface area (Å²) in [5.74, 6) is -0.170. The zero-order valence-electron chi connectivity index (χ0n) is 13.4. The molecule has 1 heterocycles. The number of amides is 1. The molecule has 4 nitrogen and oxygen atoms in total. The maximum atomic E-state index is 13.5. The van der Waals surface area contributed by atoms with E-state index in [2.05, 4.69) is 4.90 Å². The van der Waals surface area contributed by atoms with Crippen LogP contribution in [0.2, 0.25) is 0 Å². The van der Waals surface area contributed by atoms with Crippen LogP contribution in [0, 0.1) is 5.82 Å². The van der Waals surface area contributed by atoms with Gasteiger partial charge in [-0.25, -0.2) is 4.39 Å². The van der Waals surface area contributed by atoms with Crippen molar-refractivity contribution < 1.29 is 14.3 Å². The van der Waals surface area contributed by atoms with E-state index < -0.39 is 5.60 Å². The van der Waals surface area contributed by atoms with Gasteiger partial charge in [-0.05, 0) is 31.9 Å². The van der Waals surface area contributed by atoms with Crippen LogP contribution in [-0.2, 0) is 11.2 Å². The number of nitrogens with zero attached hydrogens (tertiary/aromatic N) is 2. The van der Waals surface area contributed by atoms with Crippen molar-refractivity contribution in [1.29, 1.82) is 0 Å². The van der Waals surface area contributed by atoms with Gasteiger partial charge < -0.3 is 10.0 Å². The van der Waals surface area contributed by atoms with Gasteiger partial charge in [-0.1, -0.05) is 18.2 Å². The van der Waals surface area contributed by atoms with Crippen molar-refractivity contribution in [2.75, 3.05) is 32.7 Å². The van der Waals surface area contributed by atoms with E-state index in [0.717, 1.165) is 13.1 Å². The lowest BCUT2D eigenvalue weighted by Gasteiger charge is -2.37. The number of aryl methyl sites for hydroxylation is 1. The summed E-state index contributed by atoms with van der Waals surface area (Å²) in [6.07, 6.45) is 0.780. The normalized spacial score (nSPS) is 16.8. The van der Waals surface area contributed by atoms with Gasteiger partial charge >= 0.3 is 0 Å². The van der Waals surface area contributed by atoms with E-state index in [9.17, 15) is 14.3 Å². The molecular weight excluding hydrogens is 283 g/mol. The molecule has 1 N–H and O–H groups in total. The molecule has 0 bridgehead atoms. The van der Waals surface area contributed by atoms with Crippen LogP contribution < -0.4 is 0 Å². The molecule has 22 heavy (non-hydrogen) atoms. The zero-order chi connectivity index (χ0) is 16.2. The lowest BCUT2D eigenvalue weighted by atomic mass is 10.1. The van der Waals surface area contributed by atoms with Gasteiger partial charge in [0, 0.05) is 39.1 Å². The number of carbonyl (C=O) groups excluding carboxylic acids is 1. The van der Waals surface area contributed by atoms with E-state index >= 15 is 0 Å². The number of hydrogen-bond donors (Lipinski definition) is 1. The summed E-state index contributed by atoms with van der Waals surface area (Å²) in [5, 5.41) is 9.82. The molecule has 0 saturated carbocycles. The van der Waals surface area contributed by atoms with E-state index in [0.29, 0.717) is 38.0 Å². The molecule has 0 atom stereocenters.